The minimum absolute atomic E-state index is 0.297. The number of aliphatic hydroxyl groups excluding tert-OH is 1. The molecule has 0 aliphatic rings. The fourth-order valence-electron chi connectivity index (χ4n) is 0.628. The van der Waals surface area contributed by atoms with Crippen LogP contribution >= 0.6 is 0 Å². The Balaban J connectivity index is 3.48. The zero-order valence-corrected chi connectivity index (χ0v) is 8.02. The van der Waals surface area contributed by atoms with Crippen molar-refractivity contribution in [2.75, 3.05) is 13.2 Å². The molecule has 0 radical (unpaired) electrons. The summed E-state index contributed by atoms with van der Waals surface area (Å²) in [6, 6.07) is 0. The summed E-state index contributed by atoms with van der Waals surface area (Å²) in [6.07, 6.45) is -0.632. The molecule has 1 unspecified atom stereocenters. The molecule has 0 saturated carbocycles. The molecule has 0 rings (SSSR count). The van der Waals surface area contributed by atoms with Crippen molar-refractivity contribution in [3.8, 4) is 0 Å². The van der Waals surface area contributed by atoms with E-state index in [9.17, 15) is 9.59 Å². The molecule has 0 spiro atoms. The lowest BCUT2D eigenvalue weighted by Crippen LogP contribution is -2.36. The van der Waals surface area contributed by atoms with E-state index in [1.807, 2.05) is 6.92 Å². The SMILES string of the molecule is CCCCOC(=O)NCC(O)C(=O)O. The van der Waals surface area contributed by atoms with Crippen LogP contribution in [0.4, 0.5) is 4.79 Å². The van der Waals surface area contributed by atoms with Gasteiger partial charge in [0.05, 0.1) is 13.2 Å². The topological polar surface area (TPSA) is 95.9 Å². The number of nitrogens with one attached hydrogen (secondary N) is 1. The first-order valence-corrected chi connectivity index (χ1v) is 4.39. The third-order valence-electron chi connectivity index (χ3n) is 1.46. The van der Waals surface area contributed by atoms with Crippen LogP contribution in [0.5, 0.6) is 0 Å². The van der Waals surface area contributed by atoms with Gasteiger partial charge >= 0.3 is 12.1 Å². The maximum atomic E-state index is 10.8. The van der Waals surface area contributed by atoms with Gasteiger partial charge in [0.15, 0.2) is 6.10 Å². The summed E-state index contributed by atoms with van der Waals surface area (Å²) in [4.78, 5) is 20.9. The second-order valence-electron chi connectivity index (χ2n) is 2.72. The standard InChI is InChI=1S/C8H15NO5/c1-2-3-4-14-8(13)9-5-6(10)7(11)12/h6,10H,2-5H2,1H3,(H,9,13)(H,11,12). The quantitative estimate of drug-likeness (QED) is 0.529. The highest BCUT2D eigenvalue weighted by molar-refractivity contribution is 5.74. The molecule has 0 aliphatic heterocycles. The van der Waals surface area contributed by atoms with Crippen LogP contribution in [0.3, 0.4) is 0 Å². The van der Waals surface area contributed by atoms with E-state index >= 15 is 0 Å². The van der Waals surface area contributed by atoms with Gasteiger partial charge in [-0.25, -0.2) is 9.59 Å². The number of aliphatic hydroxyl groups is 1. The molecule has 0 fully saturated rings. The van der Waals surface area contributed by atoms with Crippen molar-refractivity contribution >= 4 is 12.1 Å². The Bertz CT molecular complexity index is 194. The summed E-state index contributed by atoms with van der Waals surface area (Å²) >= 11 is 0. The van der Waals surface area contributed by atoms with Crippen molar-refractivity contribution in [1.29, 1.82) is 0 Å². The Morgan fingerprint density at radius 3 is 2.64 bits per heavy atom. The van der Waals surface area contributed by atoms with Gasteiger partial charge in [0, 0.05) is 0 Å². The van der Waals surface area contributed by atoms with Crippen LogP contribution in [0.1, 0.15) is 19.8 Å². The monoisotopic (exact) mass is 205 g/mol. The van der Waals surface area contributed by atoms with Crippen molar-refractivity contribution in [3.05, 3.63) is 0 Å². The Hall–Kier alpha value is -1.30. The number of hydrogen-bond donors (Lipinski definition) is 3. The van der Waals surface area contributed by atoms with Gasteiger partial charge in [-0.1, -0.05) is 13.3 Å². The molecule has 0 aromatic carbocycles. The van der Waals surface area contributed by atoms with E-state index in [2.05, 4.69) is 10.1 Å². The fraction of sp³-hybridized carbons (Fsp3) is 0.750. The van der Waals surface area contributed by atoms with Crippen LogP contribution in [-0.4, -0.2) is 41.5 Å². The lowest BCUT2D eigenvalue weighted by molar-refractivity contribution is -0.146. The van der Waals surface area contributed by atoms with Gasteiger partial charge in [-0.3, -0.25) is 0 Å². The van der Waals surface area contributed by atoms with Crippen LogP contribution in [0.25, 0.3) is 0 Å². The summed E-state index contributed by atoms with van der Waals surface area (Å²) in [6.45, 7) is 1.90. The minimum Gasteiger partial charge on any atom is -0.479 e. The lowest BCUT2D eigenvalue weighted by Gasteiger charge is -2.08. The maximum Gasteiger partial charge on any atom is 0.407 e. The Kier molecular flexibility index (Phi) is 6.47. The third-order valence-corrected chi connectivity index (χ3v) is 1.46. The summed E-state index contributed by atoms with van der Waals surface area (Å²) in [5.41, 5.74) is 0. The van der Waals surface area contributed by atoms with Crippen molar-refractivity contribution < 1.29 is 24.5 Å². The van der Waals surface area contributed by atoms with Gasteiger partial charge in [0.25, 0.3) is 0 Å². The van der Waals surface area contributed by atoms with Crippen LogP contribution in [0, 0.1) is 0 Å². The van der Waals surface area contributed by atoms with E-state index in [0.717, 1.165) is 12.8 Å². The van der Waals surface area contributed by atoms with E-state index in [-0.39, 0.29) is 6.54 Å². The first kappa shape index (κ1) is 12.7. The number of carboxylic acids is 1. The van der Waals surface area contributed by atoms with Gasteiger partial charge in [-0.2, -0.15) is 0 Å². The molecular formula is C8H15NO5. The molecule has 14 heavy (non-hydrogen) atoms. The number of carbonyl (C=O) groups excluding carboxylic acids is 1. The highest BCUT2D eigenvalue weighted by atomic mass is 16.5. The normalized spacial score (nSPS) is 11.9. The maximum absolute atomic E-state index is 10.8. The molecule has 6 nitrogen and oxygen atoms in total. The zero-order chi connectivity index (χ0) is 11.0. The van der Waals surface area contributed by atoms with Crippen molar-refractivity contribution in [2.45, 2.75) is 25.9 Å². The van der Waals surface area contributed by atoms with Crippen LogP contribution in [-0.2, 0) is 9.53 Å². The van der Waals surface area contributed by atoms with E-state index in [1.165, 1.54) is 0 Å². The third kappa shape index (κ3) is 6.24. The number of unbranched alkanes of at least 4 members (excludes halogenated alkanes) is 1. The van der Waals surface area contributed by atoms with E-state index < -0.39 is 18.2 Å². The Labute approximate surface area is 81.9 Å². The molecule has 82 valence electrons. The highest BCUT2D eigenvalue weighted by Crippen LogP contribution is 1.88. The first-order chi connectivity index (χ1) is 6.57. The molecule has 1 atom stereocenters. The molecule has 3 N–H and O–H groups in total. The first-order valence-electron chi connectivity index (χ1n) is 4.39. The fourth-order valence-corrected chi connectivity index (χ4v) is 0.628. The predicted molar refractivity (Wildman–Crippen MR) is 47.9 cm³/mol. The van der Waals surface area contributed by atoms with Crippen molar-refractivity contribution in [2.24, 2.45) is 0 Å². The molecule has 6 heteroatoms. The number of rotatable bonds is 6. The van der Waals surface area contributed by atoms with E-state index in [1.54, 1.807) is 0 Å². The number of carbonyl (C=O) groups is 2. The van der Waals surface area contributed by atoms with Crippen LogP contribution in [0.2, 0.25) is 0 Å². The number of alkyl carbamates (subject to hydrolysis) is 1. The Morgan fingerprint density at radius 2 is 2.14 bits per heavy atom. The van der Waals surface area contributed by atoms with Gasteiger partial charge < -0.3 is 20.3 Å². The number of aliphatic carboxylic acids is 1. The van der Waals surface area contributed by atoms with Crippen LogP contribution in [0.15, 0.2) is 0 Å². The van der Waals surface area contributed by atoms with Crippen molar-refractivity contribution in [3.63, 3.8) is 0 Å². The smallest absolute Gasteiger partial charge is 0.407 e. The zero-order valence-electron chi connectivity index (χ0n) is 8.02. The number of carboxylic acid groups (broad SMARTS) is 1. The summed E-state index contributed by atoms with van der Waals surface area (Å²) in [5, 5.41) is 19.2. The summed E-state index contributed by atoms with van der Waals surface area (Å²) in [7, 11) is 0. The number of amides is 1. The highest BCUT2D eigenvalue weighted by Gasteiger charge is 2.14. The molecule has 0 heterocycles. The molecule has 0 bridgehead atoms. The molecule has 0 aromatic heterocycles. The molecule has 1 amide bonds. The summed E-state index contributed by atoms with van der Waals surface area (Å²) < 4.78 is 4.66. The van der Waals surface area contributed by atoms with Crippen molar-refractivity contribution in [1.82, 2.24) is 5.32 Å². The van der Waals surface area contributed by atoms with Gasteiger partial charge in [0.1, 0.15) is 0 Å². The predicted octanol–water partition coefficient (Wildman–Crippen LogP) is -0.0418. The summed E-state index contributed by atoms with van der Waals surface area (Å²) in [5.74, 6) is -1.38. The molecule has 0 aliphatic carbocycles. The number of ether oxygens (including phenoxy) is 1. The lowest BCUT2D eigenvalue weighted by atomic mass is 10.3. The van der Waals surface area contributed by atoms with Gasteiger partial charge in [0.2, 0.25) is 0 Å². The average Bonchev–Trinajstić information content (AvgIpc) is 2.14. The van der Waals surface area contributed by atoms with Crippen LogP contribution < -0.4 is 5.32 Å². The van der Waals surface area contributed by atoms with E-state index in [4.69, 9.17) is 10.2 Å². The second kappa shape index (κ2) is 7.14. The Morgan fingerprint density at radius 1 is 1.50 bits per heavy atom. The second-order valence-corrected chi connectivity index (χ2v) is 2.72. The van der Waals surface area contributed by atoms with Gasteiger partial charge in [-0.05, 0) is 6.42 Å². The van der Waals surface area contributed by atoms with Gasteiger partial charge in [-0.15, -0.1) is 0 Å². The largest absolute Gasteiger partial charge is 0.479 e. The number of hydrogen-bond acceptors (Lipinski definition) is 4. The molecule has 0 saturated heterocycles. The molecule has 0 aromatic rings. The average molecular weight is 205 g/mol. The molecular weight excluding hydrogens is 190 g/mol. The minimum atomic E-state index is -1.59. The van der Waals surface area contributed by atoms with E-state index in [0.29, 0.717) is 6.61 Å².